The summed E-state index contributed by atoms with van der Waals surface area (Å²) in [5.41, 5.74) is 6.32. The molecular formula is C13H16N4O3S. The molecule has 1 aromatic carbocycles. The molecule has 0 saturated heterocycles. The van der Waals surface area contributed by atoms with Crippen LogP contribution < -0.4 is 20.9 Å². The molecule has 21 heavy (non-hydrogen) atoms. The number of hydrogen-bond donors (Lipinski definition) is 3. The predicted octanol–water partition coefficient (Wildman–Crippen LogP) is 0.802. The van der Waals surface area contributed by atoms with E-state index < -0.39 is 10.0 Å². The number of aromatic nitrogens is 1. The molecule has 0 fully saturated rings. The molecule has 0 radical (unpaired) electrons. The van der Waals surface area contributed by atoms with E-state index in [-0.39, 0.29) is 4.90 Å². The van der Waals surface area contributed by atoms with Gasteiger partial charge in [-0.05, 0) is 24.3 Å². The molecule has 1 aromatic heterocycles. The van der Waals surface area contributed by atoms with E-state index in [1.807, 2.05) is 12.1 Å². The Morgan fingerprint density at radius 1 is 1.19 bits per heavy atom. The third-order valence-corrected chi connectivity index (χ3v) is 3.55. The summed E-state index contributed by atoms with van der Waals surface area (Å²) in [6.45, 7) is 0.892. The summed E-state index contributed by atoms with van der Waals surface area (Å²) in [4.78, 5) is 3.93. The topological polar surface area (TPSA) is 120 Å². The van der Waals surface area contributed by atoms with E-state index in [1.165, 1.54) is 18.3 Å². The number of nitrogen functional groups attached to an aromatic ring is 1. The molecule has 2 aromatic rings. The smallest absolute Gasteiger partial charge is 0.239 e. The third kappa shape index (κ3) is 4.33. The van der Waals surface area contributed by atoms with Gasteiger partial charge < -0.3 is 15.8 Å². The minimum Gasteiger partial charge on any atom is -0.490 e. The van der Waals surface area contributed by atoms with E-state index in [0.717, 1.165) is 0 Å². The highest BCUT2D eigenvalue weighted by atomic mass is 32.2. The number of para-hydroxylation sites is 2. The molecule has 5 N–H and O–H groups in total. The second-order valence-corrected chi connectivity index (χ2v) is 5.80. The summed E-state index contributed by atoms with van der Waals surface area (Å²) < 4.78 is 27.7. The molecule has 0 atom stereocenters. The summed E-state index contributed by atoms with van der Waals surface area (Å²) >= 11 is 0. The van der Waals surface area contributed by atoms with E-state index in [9.17, 15) is 8.42 Å². The van der Waals surface area contributed by atoms with Crippen molar-refractivity contribution < 1.29 is 13.2 Å². The Balaban J connectivity index is 1.83. The maximum atomic E-state index is 11.1. The summed E-state index contributed by atoms with van der Waals surface area (Å²) in [6, 6.07) is 10.1. The zero-order chi connectivity index (χ0) is 15.3. The minimum absolute atomic E-state index is 0.0265. The van der Waals surface area contributed by atoms with Crippen LogP contribution >= 0.6 is 0 Å². The SMILES string of the molecule is Nc1ccccc1OCCNc1ccc(S(N)(=O)=O)cn1. The van der Waals surface area contributed by atoms with Crippen LogP contribution in [0.5, 0.6) is 5.75 Å². The molecule has 2 rings (SSSR count). The second kappa shape index (κ2) is 6.42. The van der Waals surface area contributed by atoms with Crippen molar-refractivity contribution in [2.45, 2.75) is 4.90 Å². The lowest BCUT2D eigenvalue weighted by molar-refractivity contribution is 0.334. The quantitative estimate of drug-likeness (QED) is 0.536. The van der Waals surface area contributed by atoms with E-state index in [1.54, 1.807) is 12.1 Å². The number of sulfonamides is 1. The molecule has 112 valence electrons. The minimum atomic E-state index is -3.71. The van der Waals surface area contributed by atoms with Crippen LogP contribution in [0.25, 0.3) is 0 Å². The van der Waals surface area contributed by atoms with Gasteiger partial charge in [-0.3, -0.25) is 0 Å². The van der Waals surface area contributed by atoms with Gasteiger partial charge in [-0.25, -0.2) is 18.5 Å². The monoisotopic (exact) mass is 308 g/mol. The fraction of sp³-hybridized carbons (Fsp3) is 0.154. The lowest BCUT2D eigenvalue weighted by Crippen LogP contribution is -2.14. The molecule has 0 unspecified atom stereocenters. The largest absolute Gasteiger partial charge is 0.490 e. The predicted molar refractivity (Wildman–Crippen MR) is 80.4 cm³/mol. The lowest BCUT2D eigenvalue weighted by Gasteiger charge is -2.09. The van der Waals surface area contributed by atoms with Gasteiger partial charge in [-0.15, -0.1) is 0 Å². The fourth-order valence-electron chi connectivity index (χ4n) is 1.61. The first-order valence-corrected chi connectivity index (χ1v) is 7.71. The zero-order valence-electron chi connectivity index (χ0n) is 11.2. The van der Waals surface area contributed by atoms with Crippen LogP contribution in [0.4, 0.5) is 11.5 Å². The van der Waals surface area contributed by atoms with Gasteiger partial charge >= 0.3 is 0 Å². The number of benzene rings is 1. The van der Waals surface area contributed by atoms with Gasteiger partial charge in [0.2, 0.25) is 10.0 Å². The number of hydrogen-bond acceptors (Lipinski definition) is 6. The Morgan fingerprint density at radius 2 is 1.95 bits per heavy atom. The zero-order valence-corrected chi connectivity index (χ0v) is 12.0. The average Bonchev–Trinajstić information content (AvgIpc) is 2.45. The van der Waals surface area contributed by atoms with Crippen molar-refractivity contribution in [1.29, 1.82) is 0 Å². The second-order valence-electron chi connectivity index (χ2n) is 4.24. The molecule has 7 nitrogen and oxygen atoms in total. The van der Waals surface area contributed by atoms with Crippen LogP contribution in [-0.4, -0.2) is 26.6 Å². The first-order chi connectivity index (χ1) is 9.97. The Bertz CT molecular complexity index is 702. The molecule has 0 spiro atoms. The molecular weight excluding hydrogens is 292 g/mol. The maximum absolute atomic E-state index is 11.1. The van der Waals surface area contributed by atoms with Crippen molar-refractivity contribution in [3.05, 3.63) is 42.6 Å². The van der Waals surface area contributed by atoms with E-state index in [0.29, 0.717) is 30.4 Å². The molecule has 0 aliphatic heterocycles. The highest BCUT2D eigenvalue weighted by Gasteiger charge is 2.07. The van der Waals surface area contributed by atoms with Gasteiger partial charge in [0.05, 0.1) is 12.2 Å². The van der Waals surface area contributed by atoms with Crippen molar-refractivity contribution in [3.63, 3.8) is 0 Å². The van der Waals surface area contributed by atoms with Gasteiger partial charge in [-0.2, -0.15) is 0 Å². The van der Waals surface area contributed by atoms with Crippen molar-refractivity contribution in [1.82, 2.24) is 4.98 Å². The van der Waals surface area contributed by atoms with Crippen LogP contribution in [-0.2, 0) is 10.0 Å². The Labute approximate surface area is 123 Å². The molecule has 0 aliphatic carbocycles. The maximum Gasteiger partial charge on any atom is 0.239 e. The fourth-order valence-corrected chi connectivity index (χ4v) is 2.06. The van der Waals surface area contributed by atoms with Crippen LogP contribution in [0.2, 0.25) is 0 Å². The van der Waals surface area contributed by atoms with E-state index in [2.05, 4.69) is 10.3 Å². The normalized spacial score (nSPS) is 11.1. The number of nitrogens with two attached hydrogens (primary N) is 2. The van der Waals surface area contributed by atoms with Gasteiger partial charge in [-0.1, -0.05) is 12.1 Å². The molecule has 0 amide bonds. The average molecular weight is 308 g/mol. The van der Waals surface area contributed by atoms with Crippen molar-refractivity contribution in [2.75, 3.05) is 24.2 Å². The van der Waals surface area contributed by atoms with Gasteiger partial charge in [0.25, 0.3) is 0 Å². The Hall–Kier alpha value is -2.32. The Kier molecular flexibility index (Phi) is 4.61. The van der Waals surface area contributed by atoms with Crippen molar-refractivity contribution in [2.24, 2.45) is 5.14 Å². The summed E-state index contributed by atoms with van der Waals surface area (Å²) in [7, 11) is -3.71. The summed E-state index contributed by atoms with van der Waals surface area (Å²) in [5, 5.41) is 7.99. The summed E-state index contributed by atoms with van der Waals surface area (Å²) in [6.07, 6.45) is 1.20. The van der Waals surface area contributed by atoms with Gasteiger partial charge in [0, 0.05) is 6.20 Å². The number of anilines is 2. The first kappa shape index (κ1) is 15.1. The molecule has 1 heterocycles. The van der Waals surface area contributed by atoms with Crippen LogP contribution in [0.1, 0.15) is 0 Å². The van der Waals surface area contributed by atoms with Crippen LogP contribution in [0.3, 0.4) is 0 Å². The van der Waals surface area contributed by atoms with Gasteiger partial charge in [0.15, 0.2) is 0 Å². The standard InChI is InChI=1S/C13H16N4O3S/c14-11-3-1-2-4-12(11)20-8-7-16-13-6-5-10(9-17-13)21(15,18)19/h1-6,9H,7-8,14H2,(H,16,17)(H2,15,18,19). The Morgan fingerprint density at radius 3 is 2.57 bits per heavy atom. The van der Waals surface area contributed by atoms with Crippen LogP contribution in [0.15, 0.2) is 47.5 Å². The number of primary sulfonamides is 1. The molecule has 8 heteroatoms. The summed E-state index contributed by atoms with van der Waals surface area (Å²) in [5.74, 6) is 1.16. The number of rotatable bonds is 6. The molecule has 0 bridgehead atoms. The highest BCUT2D eigenvalue weighted by molar-refractivity contribution is 7.89. The van der Waals surface area contributed by atoms with E-state index >= 15 is 0 Å². The third-order valence-electron chi connectivity index (χ3n) is 2.65. The van der Waals surface area contributed by atoms with Crippen molar-refractivity contribution >= 4 is 21.5 Å². The number of ether oxygens (including phenoxy) is 1. The number of pyridine rings is 1. The molecule has 0 aliphatic rings. The lowest BCUT2D eigenvalue weighted by atomic mass is 10.3. The number of nitrogens with one attached hydrogen (secondary N) is 1. The highest BCUT2D eigenvalue weighted by Crippen LogP contribution is 2.19. The first-order valence-electron chi connectivity index (χ1n) is 6.17. The van der Waals surface area contributed by atoms with Crippen LogP contribution in [0, 0.1) is 0 Å². The van der Waals surface area contributed by atoms with Gasteiger partial charge in [0.1, 0.15) is 23.1 Å². The number of nitrogens with zero attached hydrogens (tertiary/aromatic N) is 1. The van der Waals surface area contributed by atoms with Crippen molar-refractivity contribution in [3.8, 4) is 5.75 Å². The molecule has 0 saturated carbocycles. The van der Waals surface area contributed by atoms with E-state index in [4.69, 9.17) is 15.6 Å².